The fourth-order valence-corrected chi connectivity index (χ4v) is 2.04. The van der Waals surface area contributed by atoms with Crippen molar-refractivity contribution in [3.05, 3.63) is 41.2 Å². The van der Waals surface area contributed by atoms with Crippen LogP contribution >= 0.6 is 11.3 Å². The summed E-state index contributed by atoms with van der Waals surface area (Å²) in [5.74, 6) is -0.626. The fraction of sp³-hybridized carbons (Fsp3) is 0.167. The second-order valence-electron chi connectivity index (χ2n) is 3.59. The molecule has 7 heteroatoms. The summed E-state index contributed by atoms with van der Waals surface area (Å²) >= 11 is 1.26. The molecule has 0 saturated heterocycles. The number of pyridine rings is 1. The third-order valence-electron chi connectivity index (χ3n) is 2.27. The molecule has 6 nitrogen and oxygen atoms in total. The van der Waals surface area contributed by atoms with Gasteiger partial charge in [0.15, 0.2) is 5.13 Å². The third kappa shape index (κ3) is 3.59. The lowest BCUT2D eigenvalue weighted by molar-refractivity contribution is -0.139. The maximum atomic E-state index is 11.8. The quantitative estimate of drug-likeness (QED) is 0.857. The fourth-order valence-electron chi connectivity index (χ4n) is 1.34. The molecule has 0 unspecified atom stereocenters. The standard InChI is InChI=1S/C12H11N3O3S/c1-18-10(16)6-9-7-19-12(14-9)15-11(17)8-2-4-13-5-3-8/h2-5,7H,6H2,1H3,(H,14,15,17). The predicted octanol–water partition coefficient (Wildman–Crippen LogP) is 1.51. The largest absolute Gasteiger partial charge is 0.469 e. The average Bonchev–Trinajstić information content (AvgIpc) is 2.86. The van der Waals surface area contributed by atoms with Crippen LogP contribution in [0.5, 0.6) is 0 Å². The molecule has 19 heavy (non-hydrogen) atoms. The molecule has 0 aromatic carbocycles. The highest BCUT2D eigenvalue weighted by Crippen LogP contribution is 2.17. The van der Waals surface area contributed by atoms with Crippen molar-refractivity contribution in [3.63, 3.8) is 0 Å². The number of amides is 1. The van der Waals surface area contributed by atoms with Gasteiger partial charge in [-0.05, 0) is 12.1 Å². The van der Waals surface area contributed by atoms with Crippen molar-refractivity contribution in [2.24, 2.45) is 0 Å². The molecule has 2 rings (SSSR count). The molecule has 1 N–H and O–H groups in total. The van der Waals surface area contributed by atoms with E-state index in [1.54, 1.807) is 29.9 Å². The van der Waals surface area contributed by atoms with E-state index in [9.17, 15) is 9.59 Å². The van der Waals surface area contributed by atoms with Gasteiger partial charge in [-0.25, -0.2) is 4.98 Å². The van der Waals surface area contributed by atoms with Gasteiger partial charge in [0.2, 0.25) is 0 Å². The van der Waals surface area contributed by atoms with Crippen LogP contribution in [0.3, 0.4) is 0 Å². The molecule has 0 aliphatic heterocycles. The van der Waals surface area contributed by atoms with Crippen molar-refractivity contribution in [2.75, 3.05) is 12.4 Å². The lowest BCUT2D eigenvalue weighted by atomic mass is 10.2. The first-order chi connectivity index (χ1) is 9.19. The van der Waals surface area contributed by atoms with Gasteiger partial charge in [-0.3, -0.25) is 19.9 Å². The molecule has 2 heterocycles. The summed E-state index contributed by atoms with van der Waals surface area (Å²) < 4.78 is 4.55. The molecule has 0 saturated carbocycles. The van der Waals surface area contributed by atoms with Crippen LogP contribution in [-0.4, -0.2) is 29.0 Å². The van der Waals surface area contributed by atoms with Crippen molar-refractivity contribution in [2.45, 2.75) is 6.42 Å². The van der Waals surface area contributed by atoms with Gasteiger partial charge in [0.05, 0.1) is 19.2 Å². The van der Waals surface area contributed by atoms with Gasteiger partial charge in [-0.15, -0.1) is 11.3 Å². The number of esters is 1. The summed E-state index contributed by atoms with van der Waals surface area (Å²) in [6, 6.07) is 3.22. The number of hydrogen-bond donors (Lipinski definition) is 1. The van der Waals surface area contributed by atoms with E-state index in [0.717, 1.165) is 0 Å². The van der Waals surface area contributed by atoms with Crippen molar-refractivity contribution in [3.8, 4) is 0 Å². The summed E-state index contributed by atoms with van der Waals surface area (Å²) in [7, 11) is 1.32. The molecule has 0 aliphatic rings. The zero-order valence-corrected chi connectivity index (χ0v) is 10.9. The molecular formula is C12H11N3O3S. The van der Waals surface area contributed by atoms with E-state index in [1.807, 2.05) is 0 Å². The number of rotatable bonds is 4. The highest BCUT2D eigenvalue weighted by Gasteiger charge is 2.10. The number of hydrogen-bond acceptors (Lipinski definition) is 6. The summed E-state index contributed by atoms with van der Waals surface area (Å²) in [5, 5.41) is 4.81. The Morgan fingerprint density at radius 1 is 1.37 bits per heavy atom. The summed E-state index contributed by atoms with van der Waals surface area (Å²) in [6.07, 6.45) is 3.18. The first kappa shape index (κ1) is 13.2. The molecule has 0 spiro atoms. The number of aromatic nitrogens is 2. The van der Waals surface area contributed by atoms with Crippen LogP contribution in [0.4, 0.5) is 5.13 Å². The maximum Gasteiger partial charge on any atom is 0.311 e. The number of methoxy groups -OCH3 is 1. The average molecular weight is 277 g/mol. The first-order valence-corrected chi connectivity index (χ1v) is 6.29. The van der Waals surface area contributed by atoms with Crippen LogP contribution in [0, 0.1) is 0 Å². The summed E-state index contributed by atoms with van der Waals surface area (Å²) in [5.41, 5.74) is 1.07. The Labute approximate surface area is 113 Å². The lowest BCUT2D eigenvalue weighted by Gasteiger charge is -2.00. The van der Waals surface area contributed by atoms with Crippen LogP contribution in [-0.2, 0) is 16.0 Å². The SMILES string of the molecule is COC(=O)Cc1csc(NC(=O)c2ccncc2)n1. The molecular weight excluding hydrogens is 266 g/mol. The molecule has 0 aliphatic carbocycles. The third-order valence-corrected chi connectivity index (χ3v) is 3.07. The number of carbonyl (C=O) groups is 2. The zero-order chi connectivity index (χ0) is 13.7. The van der Waals surface area contributed by atoms with Gasteiger partial charge in [-0.1, -0.05) is 0 Å². The minimum atomic E-state index is -0.364. The van der Waals surface area contributed by atoms with Crippen LogP contribution in [0.2, 0.25) is 0 Å². The van der Waals surface area contributed by atoms with Gasteiger partial charge >= 0.3 is 5.97 Å². The van der Waals surface area contributed by atoms with Crippen LogP contribution in [0.25, 0.3) is 0 Å². The monoisotopic (exact) mass is 277 g/mol. The maximum absolute atomic E-state index is 11.8. The lowest BCUT2D eigenvalue weighted by Crippen LogP contribution is -2.12. The Bertz CT molecular complexity index is 583. The summed E-state index contributed by atoms with van der Waals surface area (Å²) in [4.78, 5) is 30.9. The Balaban J connectivity index is 2.00. The summed E-state index contributed by atoms with van der Waals surface area (Å²) in [6.45, 7) is 0. The highest BCUT2D eigenvalue weighted by molar-refractivity contribution is 7.14. The van der Waals surface area contributed by atoms with Gasteiger partial charge < -0.3 is 4.74 Å². The second kappa shape index (κ2) is 6.05. The number of nitrogens with zero attached hydrogens (tertiary/aromatic N) is 2. The van der Waals surface area contributed by atoms with Crippen molar-refractivity contribution < 1.29 is 14.3 Å². The molecule has 0 atom stereocenters. The van der Waals surface area contributed by atoms with Crippen LogP contribution in [0.1, 0.15) is 16.1 Å². The van der Waals surface area contributed by atoms with Crippen LogP contribution < -0.4 is 5.32 Å². The number of anilines is 1. The molecule has 1 amide bonds. The normalized spacial score (nSPS) is 9.95. The Kier molecular flexibility index (Phi) is 4.19. The van der Waals surface area contributed by atoms with E-state index in [0.29, 0.717) is 16.4 Å². The van der Waals surface area contributed by atoms with Gasteiger partial charge in [-0.2, -0.15) is 0 Å². The molecule has 0 radical (unpaired) electrons. The zero-order valence-electron chi connectivity index (χ0n) is 10.1. The topological polar surface area (TPSA) is 81.2 Å². The van der Waals surface area contributed by atoms with Crippen molar-refractivity contribution >= 4 is 28.3 Å². The predicted molar refractivity (Wildman–Crippen MR) is 70.0 cm³/mol. The van der Waals surface area contributed by atoms with Gasteiger partial charge in [0, 0.05) is 23.3 Å². The first-order valence-electron chi connectivity index (χ1n) is 5.41. The van der Waals surface area contributed by atoms with Crippen molar-refractivity contribution in [1.29, 1.82) is 0 Å². The van der Waals surface area contributed by atoms with Crippen molar-refractivity contribution in [1.82, 2.24) is 9.97 Å². The number of nitrogens with one attached hydrogen (secondary N) is 1. The van der Waals surface area contributed by atoms with E-state index in [-0.39, 0.29) is 18.3 Å². The molecule has 2 aromatic rings. The van der Waals surface area contributed by atoms with E-state index in [4.69, 9.17) is 0 Å². The van der Waals surface area contributed by atoms with Gasteiger partial charge in [0.25, 0.3) is 5.91 Å². The highest BCUT2D eigenvalue weighted by atomic mass is 32.1. The smallest absolute Gasteiger partial charge is 0.311 e. The molecule has 2 aromatic heterocycles. The van der Waals surface area contributed by atoms with E-state index >= 15 is 0 Å². The van der Waals surface area contributed by atoms with E-state index < -0.39 is 0 Å². The second-order valence-corrected chi connectivity index (χ2v) is 4.45. The molecule has 98 valence electrons. The molecule has 0 bridgehead atoms. The minimum absolute atomic E-state index is 0.0954. The number of ether oxygens (including phenoxy) is 1. The Hall–Kier alpha value is -2.28. The Morgan fingerprint density at radius 3 is 2.79 bits per heavy atom. The van der Waals surface area contributed by atoms with E-state index in [1.165, 1.54) is 18.4 Å². The molecule has 0 fully saturated rings. The number of carbonyl (C=O) groups excluding carboxylic acids is 2. The van der Waals surface area contributed by atoms with E-state index in [2.05, 4.69) is 20.0 Å². The Morgan fingerprint density at radius 2 is 2.11 bits per heavy atom. The van der Waals surface area contributed by atoms with Gasteiger partial charge in [0.1, 0.15) is 0 Å². The number of thiazole rings is 1. The van der Waals surface area contributed by atoms with Crippen LogP contribution in [0.15, 0.2) is 29.9 Å². The minimum Gasteiger partial charge on any atom is -0.469 e.